The number of carbonyl (C=O) groups excluding carboxylic acids is 1. The van der Waals surface area contributed by atoms with E-state index in [1.54, 1.807) is 23.1 Å². The zero-order valence-electron chi connectivity index (χ0n) is 11.1. The lowest BCUT2D eigenvalue weighted by molar-refractivity contribution is 0.0533. The van der Waals surface area contributed by atoms with Gasteiger partial charge in [-0.2, -0.15) is 0 Å². The van der Waals surface area contributed by atoms with Gasteiger partial charge in [-0.1, -0.05) is 37.0 Å². The Labute approximate surface area is 123 Å². The summed E-state index contributed by atoms with van der Waals surface area (Å²) in [6, 6.07) is 5.06. The molecule has 1 heterocycles. The van der Waals surface area contributed by atoms with Gasteiger partial charge in [0.1, 0.15) is 0 Å². The van der Waals surface area contributed by atoms with Gasteiger partial charge in [-0.3, -0.25) is 4.79 Å². The molecule has 1 aromatic rings. The Morgan fingerprint density at radius 1 is 1.42 bits per heavy atom. The van der Waals surface area contributed by atoms with Crippen molar-refractivity contribution in [2.24, 2.45) is 11.1 Å². The van der Waals surface area contributed by atoms with Crippen molar-refractivity contribution in [1.29, 1.82) is 0 Å². The van der Waals surface area contributed by atoms with E-state index in [-0.39, 0.29) is 17.4 Å². The van der Waals surface area contributed by atoms with Gasteiger partial charge in [0.05, 0.1) is 10.6 Å². The maximum Gasteiger partial charge on any atom is 0.255 e. The van der Waals surface area contributed by atoms with E-state index in [4.69, 9.17) is 28.9 Å². The van der Waals surface area contributed by atoms with Gasteiger partial charge in [0.25, 0.3) is 5.91 Å². The Hall–Kier alpha value is -0.770. The molecule has 0 radical (unpaired) electrons. The Bertz CT molecular complexity index is 502. The third-order valence-electron chi connectivity index (χ3n) is 3.76. The second-order valence-corrected chi connectivity index (χ2v) is 6.58. The second kappa shape index (κ2) is 5.31. The van der Waals surface area contributed by atoms with Crippen LogP contribution in [0.2, 0.25) is 10.0 Å². The van der Waals surface area contributed by atoms with Crippen LogP contribution >= 0.6 is 23.2 Å². The molecule has 5 heteroatoms. The number of carbonyl (C=O) groups is 1. The molecule has 2 N–H and O–H groups in total. The molecule has 1 atom stereocenters. The number of benzene rings is 1. The number of nitrogens with zero attached hydrogens (tertiary/aromatic N) is 1. The van der Waals surface area contributed by atoms with Crippen LogP contribution in [0, 0.1) is 5.41 Å². The molecular formula is C14H18Cl2N2O. The van der Waals surface area contributed by atoms with Crippen LogP contribution in [0.25, 0.3) is 0 Å². The highest BCUT2D eigenvalue weighted by molar-refractivity contribution is 6.35. The van der Waals surface area contributed by atoms with E-state index in [0.717, 1.165) is 6.42 Å². The molecule has 0 bridgehead atoms. The Morgan fingerprint density at radius 2 is 2.11 bits per heavy atom. The first-order valence-corrected chi connectivity index (χ1v) is 7.07. The molecule has 1 unspecified atom stereocenters. The van der Waals surface area contributed by atoms with E-state index < -0.39 is 0 Å². The molecular weight excluding hydrogens is 283 g/mol. The Kier molecular flexibility index (Phi) is 4.09. The molecule has 2 rings (SSSR count). The largest absolute Gasteiger partial charge is 0.338 e. The lowest BCUT2D eigenvalue weighted by atomic mass is 9.79. The third-order valence-corrected chi connectivity index (χ3v) is 4.32. The lowest BCUT2D eigenvalue weighted by Crippen LogP contribution is -2.54. The normalized spacial score (nSPS) is 22.4. The summed E-state index contributed by atoms with van der Waals surface area (Å²) in [5, 5.41) is 0.947. The van der Waals surface area contributed by atoms with Crippen LogP contribution in [-0.4, -0.2) is 29.9 Å². The van der Waals surface area contributed by atoms with Crippen molar-refractivity contribution in [1.82, 2.24) is 4.90 Å². The summed E-state index contributed by atoms with van der Waals surface area (Å²) in [5.41, 5.74) is 6.46. The number of hydrogen-bond donors (Lipinski definition) is 1. The van der Waals surface area contributed by atoms with Gasteiger partial charge in [-0.05, 0) is 30.0 Å². The summed E-state index contributed by atoms with van der Waals surface area (Å²) in [7, 11) is 0. The minimum Gasteiger partial charge on any atom is -0.338 e. The fraction of sp³-hybridized carbons (Fsp3) is 0.500. The minimum atomic E-state index is -0.0844. The van der Waals surface area contributed by atoms with E-state index in [9.17, 15) is 4.79 Å². The number of likely N-dealkylation sites (tertiary alicyclic amines) is 1. The molecule has 1 amide bonds. The molecule has 0 saturated carbocycles. The van der Waals surface area contributed by atoms with Gasteiger partial charge in [0.2, 0.25) is 0 Å². The molecule has 104 valence electrons. The number of halogens is 2. The number of nitrogens with two attached hydrogens (primary N) is 1. The van der Waals surface area contributed by atoms with E-state index >= 15 is 0 Å². The summed E-state index contributed by atoms with van der Waals surface area (Å²) >= 11 is 12.0. The van der Waals surface area contributed by atoms with Gasteiger partial charge in [0, 0.05) is 24.2 Å². The second-order valence-electron chi connectivity index (χ2n) is 5.73. The SMILES string of the molecule is CC1(C)CN(C(=O)c2cc(Cl)ccc2Cl)CCC1N. The maximum absolute atomic E-state index is 12.5. The smallest absolute Gasteiger partial charge is 0.255 e. The highest BCUT2D eigenvalue weighted by atomic mass is 35.5. The first-order valence-electron chi connectivity index (χ1n) is 6.31. The van der Waals surface area contributed by atoms with Crippen molar-refractivity contribution >= 4 is 29.1 Å². The van der Waals surface area contributed by atoms with Gasteiger partial charge in [-0.15, -0.1) is 0 Å². The fourth-order valence-corrected chi connectivity index (χ4v) is 2.75. The van der Waals surface area contributed by atoms with Crippen LogP contribution in [0.15, 0.2) is 18.2 Å². The van der Waals surface area contributed by atoms with Gasteiger partial charge in [0.15, 0.2) is 0 Å². The summed E-state index contributed by atoms with van der Waals surface area (Å²) in [6.45, 7) is 5.45. The third kappa shape index (κ3) is 3.04. The molecule has 0 spiro atoms. The molecule has 1 aliphatic rings. The predicted octanol–water partition coefficient (Wildman–Crippen LogP) is 3.19. The summed E-state index contributed by atoms with van der Waals surface area (Å²) < 4.78 is 0. The van der Waals surface area contributed by atoms with Crippen molar-refractivity contribution in [2.75, 3.05) is 13.1 Å². The van der Waals surface area contributed by atoms with E-state index in [1.807, 2.05) is 0 Å². The quantitative estimate of drug-likeness (QED) is 0.866. The van der Waals surface area contributed by atoms with Crippen molar-refractivity contribution in [2.45, 2.75) is 26.3 Å². The number of piperidine rings is 1. The van der Waals surface area contributed by atoms with Crippen LogP contribution < -0.4 is 5.73 Å². The maximum atomic E-state index is 12.5. The van der Waals surface area contributed by atoms with Crippen LogP contribution in [0.3, 0.4) is 0 Å². The highest BCUT2D eigenvalue weighted by Crippen LogP contribution is 2.30. The Balaban J connectivity index is 2.23. The monoisotopic (exact) mass is 300 g/mol. The minimum absolute atomic E-state index is 0.0764. The summed E-state index contributed by atoms with van der Waals surface area (Å²) in [5.74, 6) is -0.0764. The van der Waals surface area contributed by atoms with Gasteiger partial charge < -0.3 is 10.6 Å². The zero-order chi connectivity index (χ0) is 14.2. The standard InChI is InChI=1S/C14H18Cl2N2O/c1-14(2)8-18(6-5-12(14)17)13(19)10-7-9(15)3-4-11(10)16/h3-4,7,12H,5-6,8,17H2,1-2H3. The summed E-state index contributed by atoms with van der Waals surface area (Å²) in [4.78, 5) is 14.3. The summed E-state index contributed by atoms with van der Waals surface area (Å²) in [6.07, 6.45) is 0.803. The molecule has 3 nitrogen and oxygen atoms in total. The fourth-order valence-electron chi connectivity index (χ4n) is 2.38. The van der Waals surface area contributed by atoms with Crippen LogP contribution in [0.1, 0.15) is 30.6 Å². The zero-order valence-corrected chi connectivity index (χ0v) is 12.6. The average Bonchev–Trinajstić information content (AvgIpc) is 2.35. The predicted molar refractivity (Wildman–Crippen MR) is 78.7 cm³/mol. The van der Waals surface area contributed by atoms with Crippen molar-refractivity contribution in [3.05, 3.63) is 33.8 Å². The topological polar surface area (TPSA) is 46.3 Å². The van der Waals surface area contributed by atoms with Crippen molar-refractivity contribution < 1.29 is 4.79 Å². The van der Waals surface area contributed by atoms with Crippen LogP contribution in [0.5, 0.6) is 0 Å². The molecule has 1 aromatic carbocycles. The van der Waals surface area contributed by atoms with Crippen LogP contribution in [-0.2, 0) is 0 Å². The highest BCUT2D eigenvalue weighted by Gasteiger charge is 2.35. The number of hydrogen-bond acceptors (Lipinski definition) is 2. The van der Waals surface area contributed by atoms with Crippen LogP contribution in [0.4, 0.5) is 0 Å². The lowest BCUT2D eigenvalue weighted by Gasteiger charge is -2.42. The van der Waals surface area contributed by atoms with E-state index in [1.165, 1.54) is 0 Å². The van der Waals surface area contributed by atoms with Gasteiger partial charge >= 0.3 is 0 Å². The number of amides is 1. The first kappa shape index (κ1) is 14.6. The van der Waals surface area contributed by atoms with E-state index in [2.05, 4.69) is 13.8 Å². The van der Waals surface area contributed by atoms with Crippen molar-refractivity contribution in [3.63, 3.8) is 0 Å². The number of rotatable bonds is 1. The molecule has 19 heavy (non-hydrogen) atoms. The molecule has 0 aliphatic carbocycles. The molecule has 0 aromatic heterocycles. The van der Waals surface area contributed by atoms with Crippen molar-refractivity contribution in [3.8, 4) is 0 Å². The molecule has 1 aliphatic heterocycles. The van der Waals surface area contributed by atoms with E-state index in [0.29, 0.717) is 28.7 Å². The first-order chi connectivity index (χ1) is 8.81. The molecule has 1 saturated heterocycles. The molecule has 1 fully saturated rings. The van der Waals surface area contributed by atoms with Gasteiger partial charge in [-0.25, -0.2) is 0 Å². The average molecular weight is 301 g/mol. The Morgan fingerprint density at radius 3 is 2.74 bits per heavy atom.